The molecule has 2 atom stereocenters. The van der Waals surface area contributed by atoms with Gasteiger partial charge in [-0.2, -0.15) is 0 Å². The Bertz CT molecular complexity index is 635. The number of nitrogens with one attached hydrogen (secondary N) is 1. The minimum Gasteiger partial charge on any atom is -0.372 e. The Labute approximate surface area is 156 Å². The van der Waals surface area contributed by atoms with Crippen LogP contribution in [0.15, 0.2) is 24.3 Å². The monoisotopic (exact) mass is 357 g/mol. The van der Waals surface area contributed by atoms with E-state index in [4.69, 9.17) is 0 Å². The van der Waals surface area contributed by atoms with Crippen molar-refractivity contribution in [2.75, 3.05) is 29.9 Å². The summed E-state index contributed by atoms with van der Waals surface area (Å²) in [5.41, 5.74) is 2.02. The molecule has 0 aromatic heterocycles. The van der Waals surface area contributed by atoms with Crippen molar-refractivity contribution in [2.45, 2.75) is 52.5 Å². The van der Waals surface area contributed by atoms with E-state index in [0.717, 1.165) is 31.1 Å². The second-order valence-electron chi connectivity index (χ2n) is 7.91. The summed E-state index contributed by atoms with van der Waals surface area (Å²) in [6.07, 6.45) is 3.71. The van der Waals surface area contributed by atoms with Crippen LogP contribution in [0.1, 0.15) is 46.5 Å². The summed E-state index contributed by atoms with van der Waals surface area (Å²) in [7, 11) is 0. The molecule has 2 aliphatic heterocycles. The van der Waals surface area contributed by atoms with E-state index >= 15 is 0 Å². The van der Waals surface area contributed by atoms with Gasteiger partial charge >= 0.3 is 0 Å². The molecular weight excluding hydrogens is 326 g/mol. The number of likely N-dealkylation sites (tertiary alicyclic amines) is 1. The Balaban J connectivity index is 1.56. The molecule has 2 unspecified atom stereocenters. The summed E-state index contributed by atoms with van der Waals surface area (Å²) >= 11 is 0. The van der Waals surface area contributed by atoms with Crippen molar-refractivity contribution < 1.29 is 9.59 Å². The van der Waals surface area contributed by atoms with Gasteiger partial charge in [0.15, 0.2) is 0 Å². The molecule has 142 valence electrons. The second-order valence-corrected chi connectivity index (χ2v) is 7.91. The normalized spacial score (nSPS) is 22.6. The lowest BCUT2D eigenvalue weighted by molar-refractivity contribution is -0.129. The summed E-state index contributed by atoms with van der Waals surface area (Å²) in [5.74, 6) is 0.603. The van der Waals surface area contributed by atoms with Gasteiger partial charge in [-0.3, -0.25) is 9.59 Å². The van der Waals surface area contributed by atoms with Crippen LogP contribution < -0.4 is 10.2 Å². The molecule has 2 aliphatic rings. The van der Waals surface area contributed by atoms with E-state index in [1.165, 1.54) is 18.5 Å². The fourth-order valence-electron chi connectivity index (χ4n) is 3.82. The Morgan fingerprint density at radius 2 is 1.88 bits per heavy atom. The van der Waals surface area contributed by atoms with Crippen molar-refractivity contribution in [3.63, 3.8) is 0 Å². The van der Waals surface area contributed by atoms with Crippen LogP contribution in [0.25, 0.3) is 0 Å². The molecule has 1 N–H and O–H groups in total. The molecule has 5 nitrogen and oxygen atoms in total. The summed E-state index contributed by atoms with van der Waals surface area (Å²) < 4.78 is 0. The lowest BCUT2D eigenvalue weighted by Gasteiger charge is -2.32. The van der Waals surface area contributed by atoms with Crippen molar-refractivity contribution in [2.24, 2.45) is 11.8 Å². The number of nitrogens with zero attached hydrogens (tertiary/aromatic N) is 2. The minimum absolute atomic E-state index is 0.0521. The van der Waals surface area contributed by atoms with Crippen LogP contribution in [-0.4, -0.2) is 42.4 Å². The standard InChI is InChI=1S/C21H31N3O2/c1-4-16(3)24-14-17(13-20(24)25)21(26)22-18-5-7-19(8-6-18)23-11-9-15(2)10-12-23/h5-8,15-17H,4,9-14H2,1-3H3,(H,22,26). The second kappa shape index (κ2) is 8.11. The van der Waals surface area contributed by atoms with Crippen molar-refractivity contribution in [1.82, 2.24) is 4.90 Å². The Morgan fingerprint density at radius 1 is 1.23 bits per heavy atom. The first-order valence-corrected chi connectivity index (χ1v) is 9.93. The molecule has 5 heteroatoms. The minimum atomic E-state index is -0.250. The van der Waals surface area contributed by atoms with E-state index in [9.17, 15) is 9.59 Å². The zero-order valence-corrected chi connectivity index (χ0v) is 16.2. The van der Waals surface area contributed by atoms with Crippen LogP contribution >= 0.6 is 0 Å². The van der Waals surface area contributed by atoms with E-state index in [1.807, 2.05) is 24.0 Å². The van der Waals surface area contributed by atoms with Gasteiger partial charge < -0.3 is 15.1 Å². The number of rotatable bonds is 5. The molecule has 0 aliphatic carbocycles. The molecule has 1 aromatic rings. The van der Waals surface area contributed by atoms with E-state index in [2.05, 4.69) is 36.2 Å². The number of hydrogen-bond donors (Lipinski definition) is 1. The van der Waals surface area contributed by atoms with Crippen LogP contribution in [0, 0.1) is 11.8 Å². The highest BCUT2D eigenvalue weighted by Crippen LogP contribution is 2.26. The summed E-state index contributed by atoms with van der Waals surface area (Å²) in [5, 5.41) is 2.98. The molecule has 1 aromatic carbocycles. The van der Waals surface area contributed by atoms with Crippen LogP contribution in [0.4, 0.5) is 11.4 Å². The van der Waals surface area contributed by atoms with Crippen molar-refractivity contribution in [3.8, 4) is 0 Å². The van der Waals surface area contributed by atoms with Crippen LogP contribution in [0.3, 0.4) is 0 Å². The number of hydrogen-bond acceptors (Lipinski definition) is 3. The first-order chi connectivity index (χ1) is 12.5. The van der Waals surface area contributed by atoms with Gasteiger partial charge in [0.1, 0.15) is 0 Å². The first kappa shape index (κ1) is 18.7. The van der Waals surface area contributed by atoms with Gasteiger partial charge in [0.2, 0.25) is 11.8 Å². The number of piperidine rings is 1. The predicted molar refractivity (Wildman–Crippen MR) is 105 cm³/mol. The topological polar surface area (TPSA) is 52.7 Å². The van der Waals surface area contributed by atoms with Crippen molar-refractivity contribution >= 4 is 23.2 Å². The van der Waals surface area contributed by atoms with Crippen LogP contribution in [0.2, 0.25) is 0 Å². The maximum absolute atomic E-state index is 12.5. The lowest BCUT2D eigenvalue weighted by atomic mass is 9.99. The zero-order chi connectivity index (χ0) is 18.7. The molecule has 0 bridgehead atoms. The molecule has 2 heterocycles. The number of carbonyl (C=O) groups excluding carboxylic acids is 2. The highest BCUT2D eigenvalue weighted by atomic mass is 16.2. The molecule has 2 saturated heterocycles. The van der Waals surface area contributed by atoms with Gasteiger partial charge in [-0.15, -0.1) is 0 Å². The summed E-state index contributed by atoms with van der Waals surface area (Å²) in [6, 6.07) is 8.29. The lowest BCUT2D eigenvalue weighted by Crippen LogP contribution is -2.35. The van der Waals surface area contributed by atoms with Crippen molar-refractivity contribution in [1.29, 1.82) is 0 Å². The van der Waals surface area contributed by atoms with E-state index in [1.54, 1.807) is 0 Å². The highest BCUT2D eigenvalue weighted by molar-refractivity contribution is 5.97. The Kier molecular flexibility index (Phi) is 5.84. The average Bonchev–Trinajstić information content (AvgIpc) is 3.04. The highest BCUT2D eigenvalue weighted by Gasteiger charge is 2.36. The molecular formula is C21H31N3O2. The average molecular weight is 357 g/mol. The smallest absolute Gasteiger partial charge is 0.229 e. The number of anilines is 2. The van der Waals surface area contributed by atoms with Crippen LogP contribution in [0.5, 0.6) is 0 Å². The molecule has 26 heavy (non-hydrogen) atoms. The molecule has 2 amide bonds. The maximum Gasteiger partial charge on any atom is 0.229 e. The summed E-state index contributed by atoms with van der Waals surface area (Å²) in [6.45, 7) is 9.15. The third-order valence-corrected chi connectivity index (χ3v) is 5.94. The van der Waals surface area contributed by atoms with Gasteiger partial charge in [0.25, 0.3) is 0 Å². The van der Waals surface area contributed by atoms with Gasteiger partial charge in [-0.1, -0.05) is 13.8 Å². The molecule has 0 radical (unpaired) electrons. The molecule has 3 rings (SSSR count). The van der Waals surface area contributed by atoms with Gasteiger partial charge in [-0.05, 0) is 56.4 Å². The third kappa shape index (κ3) is 4.19. The SMILES string of the molecule is CCC(C)N1CC(C(=O)Nc2ccc(N3CCC(C)CC3)cc2)CC1=O. The maximum atomic E-state index is 12.5. The fourth-order valence-corrected chi connectivity index (χ4v) is 3.82. The predicted octanol–water partition coefficient (Wildman–Crippen LogP) is 3.51. The molecule has 0 spiro atoms. The quantitative estimate of drug-likeness (QED) is 0.877. The fraction of sp³-hybridized carbons (Fsp3) is 0.619. The Morgan fingerprint density at radius 3 is 2.50 bits per heavy atom. The number of amides is 2. The van der Waals surface area contributed by atoms with Gasteiger partial charge in [0.05, 0.1) is 5.92 Å². The first-order valence-electron chi connectivity index (χ1n) is 9.93. The molecule has 2 fully saturated rings. The van der Waals surface area contributed by atoms with E-state index in [0.29, 0.717) is 13.0 Å². The summed E-state index contributed by atoms with van der Waals surface area (Å²) in [4.78, 5) is 28.9. The van der Waals surface area contributed by atoms with Crippen molar-refractivity contribution in [3.05, 3.63) is 24.3 Å². The molecule has 0 saturated carbocycles. The van der Waals surface area contributed by atoms with E-state index in [-0.39, 0.29) is 23.8 Å². The Hall–Kier alpha value is -2.04. The van der Waals surface area contributed by atoms with E-state index < -0.39 is 0 Å². The van der Waals surface area contributed by atoms with Gasteiger partial charge in [-0.25, -0.2) is 0 Å². The zero-order valence-electron chi connectivity index (χ0n) is 16.2. The van der Waals surface area contributed by atoms with Crippen LogP contribution in [-0.2, 0) is 9.59 Å². The number of benzene rings is 1. The third-order valence-electron chi connectivity index (χ3n) is 5.94. The van der Waals surface area contributed by atoms with Gasteiger partial charge in [0, 0.05) is 43.5 Å². The largest absolute Gasteiger partial charge is 0.372 e. The number of carbonyl (C=O) groups is 2.